The SMILES string of the molecule is CNC1CC(CC2CC2)CN(CC(=O)O)C1. The maximum atomic E-state index is 10.7. The molecule has 0 aromatic heterocycles. The number of piperidine rings is 1. The lowest BCUT2D eigenvalue weighted by atomic mass is 9.90. The van der Waals surface area contributed by atoms with Crippen molar-refractivity contribution in [3.63, 3.8) is 0 Å². The van der Waals surface area contributed by atoms with Crippen molar-refractivity contribution in [3.8, 4) is 0 Å². The van der Waals surface area contributed by atoms with Gasteiger partial charge in [-0.25, -0.2) is 0 Å². The molecule has 0 bridgehead atoms. The van der Waals surface area contributed by atoms with E-state index in [0.717, 1.165) is 19.0 Å². The number of carboxylic acids is 1. The summed E-state index contributed by atoms with van der Waals surface area (Å²) in [6, 6.07) is 0.469. The van der Waals surface area contributed by atoms with Crippen molar-refractivity contribution >= 4 is 5.97 Å². The minimum Gasteiger partial charge on any atom is -0.480 e. The molecular weight excluding hydrogens is 204 g/mol. The number of carboxylic acid groups (broad SMARTS) is 1. The number of nitrogens with zero attached hydrogens (tertiary/aromatic N) is 1. The Bertz CT molecular complexity index is 253. The van der Waals surface area contributed by atoms with Crippen LogP contribution >= 0.6 is 0 Å². The van der Waals surface area contributed by atoms with Crippen LogP contribution in [0.2, 0.25) is 0 Å². The molecule has 0 spiro atoms. The molecule has 1 heterocycles. The molecule has 1 aliphatic carbocycles. The average molecular weight is 226 g/mol. The summed E-state index contributed by atoms with van der Waals surface area (Å²) in [5.41, 5.74) is 0. The fourth-order valence-corrected chi connectivity index (χ4v) is 2.83. The molecular formula is C12H22N2O2. The maximum Gasteiger partial charge on any atom is 0.317 e. The van der Waals surface area contributed by atoms with Gasteiger partial charge in [0, 0.05) is 19.1 Å². The highest BCUT2D eigenvalue weighted by molar-refractivity contribution is 5.69. The Hall–Kier alpha value is -0.610. The second-order valence-corrected chi connectivity index (χ2v) is 5.35. The van der Waals surface area contributed by atoms with E-state index in [1.807, 2.05) is 7.05 Å². The van der Waals surface area contributed by atoms with Crippen LogP contribution < -0.4 is 5.32 Å². The second kappa shape index (κ2) is 5.15. The molecule has 2 unspecified atom stereocenters. The van der Waals surface area contributed by atoms with Gasteiger partial charge >= 0.3 is 5.97 Å². The largest absolute Gasteiger partial charge is 0.480 e. The van der Waals surface area contributed by atoms with Gasteiger partial charge in [-0.3, -0.25) is 9.69 Å². The summed E-state index contributed by atoms with van der Waals surface area (Å²) in [4.78, 5) is 12.8. The smallest absolute Gasteiger partial charge is 0.317 e. The lowest BCUT2D eigenvalue weighted by Gasteiger charge is -2.37. The molecule has 1 aliphatic heterocycles. The third-order valence-electron chi connectivity index (χ3n) is 3.74. The molecule has 4 nitrogen and oxygen atoms in total. The van der Waals surface area contributed by atoms with Crippen molar-refractivity contribution in [3.05, 3.63) is 0 Å². The van der Waals surface area contributed by atoms with Crippen molar-refractivity contribution in [2.75, 3.05) is 26.7 Å². The van der Waals surface area contributed by atoms with E-state index in [1.54, 1.807) is 0 Å². The third kappa shape index (κ3) is 3.46. The summed E-state index contributed by atoms with van der Waals surface area (Å²) in [5.74, 6) is 0.923. The van der Waals surface area contributed by atoms with Crippen LogP contribution in [0.5, 0.6) is 0 Å². The predicted octanol–water partition coefficient (Wildman–Crippen LogP) is 0.781. The van der Waals surface area contributed by atoms with E-state index < -0.39 is 5.97 Å². The molecule has 1 saturated carbocycles. The Kier molecular flexibility index (Phi) is 3.82. The number of carbonyl (C=O) groups is 1. The van der Waals surface area contributed by atoms with Gasteiger partial charge in [0.1, 0.15) is 0 Å². The number of likely N-dealkylation sites (tertiary alicyclic amines) is 1. The topological polar surface area (TPSA) is 52.6 Å². The normalized spacial score (nSPS) is 31.6. The summed E-state index contributed by atoms with van der Waals surface area (Å²) in [5, 5.41) is 12.1. The van der Waals surface area contributed by atoms with Gasteiger partial charge < -0.3 is 10.4 Å². The number of nitrogens with one attached hydrogen (secondary N) is 1. The van der Waals surface area contributed by atoms with Crippen LogP contribution in [0, 0.1) is 11.8 Å². The molecule has 0 amide bonds. The predicted molar refractivity (Wildman–Crippen MR) is 62.4 cm³/mol. The first-order valence-corrected chi connectivity index (χ1v) is 6.28. The Balaban J connectivity index is 1.85. The summed E-state index contributed by atoms with van der Waals surface area (Å²) < 4.78 is 0. The molecule has 2 rings (SSSR count). The van der Waals surface area contributed by atoms with Gasteiger partial charge in [0.25, 0.3) is 0 Å². The van der Waals surface area contributed by atoms with E-state index in [-0.39, 0.29) is 6.54 Å². The first-order valence-electron chi connectivity index (χ1n) is 6.28. The van der Waals surface area contributed by atoms with Gasteiger partial charge in [0.05, 0.1) is 6.54 Å². The van der Waals surface area contributed by atoms with Crippen LogP contribution in [0.25, 0.3) is 0 Å². The molecule has 2 atom stereocenters. The molecule has 1 saturated heterocycles. The van der Waals surface area contributed by atoms with E-state index in [9.17, 15) is 4.79 Å². The van der Waals surface area contributed by atoms with E-state index in [4.69, 9.17) is 5.11 Å². The van der Waals surface area contributed by atoms with E-state index in [0.29, 0.717) is 12.0 Å². The minimum atomic E-state index is -0.707. The third-order valence-corrected chi connectivity index (χ3v) is 3.74. The molecule has 2 aliphatic rings. The highest BCUT2D eigenvalue weighted by Gasteiger charge is 2.32. The summed E-state index contributed by atoms with van der Waals surface area (Å²) in [6.45, 7) is 2.05. The highest BCUT2D eigenvalue weighted by Crippen LogP contribution is 2.37. The summed E-state index contributed by atoms with van der Waals surface area (Å²) in [6.07, 6.45) is 5.29. The first kappa shape index (κ1) is 11.9. The van der Waals surface area contributed by atoms with Crippen molar-refractivity contribution < 1.29 is 9.90 Å². The van der Waals surface area contributed by atoms with Crippen LogP contribution in [-0.2, 0) is 4.79 Å². The van der Waals surface area contributed by atoms with Crippen molar-refractivity contribution in [1.29, 1.82) is 0 Å². The Morgan fingerprint density at radius 2 is 2.12 bits per heavy atom. The monoisotopic (exact) mass is 226 g/mol. The quantitative estimate of drug-likeness (QED) is 0.727. The molecule has 4 heteroatoms. The number of likely N-dealkylation sites (N-methyl/N-ethyl adjacent to an activating group) is 1. The fourth-order valence-electron chi connectivity index (χ4n) is 2.83. The van der Waals surface area contributed by atoms with E-state index in [2.05, 4.69) is 10.2 Å². The Morgan fingerprint density at radius 3 is 2.69 bits per heavy atom. The number of hydrogen-bond donors (Lipinski definition) is 2. The molecule has 16 heavy (non-hydrogen) atoms. The maximum absolute atomic E-state index is 10.7. The van der Waals surface area contributed by atoms with Gasteiger partial charge in [-0.1, -0.05) is 12.8 Å². The molecule has 92 valence electrons. The molecule has 0 aromatic rings. The van der Waals surface area contributed by atoms with E-state index >= 15 is 0 Å². The van der Waals surface area contributed by atoms with Crippen LogP contribution in [0.1, 0.15) is 25.7 Å². The Labute approximate surface area is 97.0 Å². The zero-order valence-electron chi connectivity index (χ0n) is 9.98. The highest BCUT2D eigenvalue weighted by atomic mass is 16.4. The van der Waals surface area contributed by atoms with Crippen molar-refractivity contribution in [2.24, 2.45) is 11.8 Å². The van der Waals surface area contributed by atoms with Gasteiger partial charge in [-0.2, -0.15) is 0 Å². The van der Waals surface area contributed by atoms with Crippen LogP contribution in [0.4, 0.5) is 0 Å². The standard InChI is InChI=1S/C12H22N2O2/c1-13-11-5-10(4-9-2-3-9)6-14(7-11)8-12(15)16/h9-11,13H,2-8H2,1H3,(H,15,16). The zero-order chi connectivity index (χ0) is 11.5. The second-order valence-electron chi connectivity index (χ2n) is 5.35. The molecule has 2 N–H and O–H groups in total. The minimum absolute atomic E-state index is 0.194. The summed E-state index contributed by atoms with van der Waals surface area (Å²) in [7, 11) is 1.98. The fraction of sp³-hybridized carbons (Fsp3) is 0.917. The molecule has 0 radical (unpaired) electrons. The van der Waals surface area contributed by atoms with Crippen LogP contribution in [0.15, 0.2) is 0 Å². The van der Waals surface area contributed by atoms with Crippen LogP contribution in [-0.4, -0.2) is 48.7 Å². The zero-order valence-corrected chi connectivity index (χ0v) is 9.98. The lowest BCUT2D eigenvalue weighted by molar-refractivity contribution is -0.138. The van der Waals surface area contributed by atoms with Gasteiger partial charge in [0.15, 0.2) is 0 Å². The summed E-state index contributed by atoms with van der Waals surface area (Å²) >= 11 is 0. The number of rotatable bonds is 5. The van der Waals surface area contributed by atoms with Gasteiger partial charge in [-0.05, 0) is 31.7 Å². The van der Waals surface area contributed by atoms with E-state index in [1.165, 1.54) is 25.7 Å². The van der Waals surface area contributed by atoms with Crippen molar-refractivity contribution in [1.82, 2.24) is 10.2 Å². The Morgan fingerprint density at radius 1 is 1.38 bits per heavy atom. The first-order chi connectivity index (χ1) is 7.67. The lowest BCUT2D eigenvalue weighted by Crippen LogP contribution is -2.49. The molecule has 2 fully saturated rings. The average Bonchev–Trinajstić information content (AvgIpc) is 3.00. The van der Waals surface area contributed by atoms with Gasteiger partial charge in [-0.15, -0.1) is 0 Å². The van der Waals surface area contributed by atoms with Crippen LogP contribution in [0.3, 0.4) is 0 Å². The number of aliphatic carboxylic acids is 1. The molecule has 0 aromatic carbocycles. The van der Waals surface area contributed by atoms with Gasteiger partial charge in [0.2, 0.25) is 0 Å². The van der Waals surface area contributed by atoms with Crippen molar-refractivity contribution in [2.45, 2.75) is 31.7 Å². The number of hydrogen-bond acceptors (Lipinski definition) is 3.